The van der Waals surface area contributed by atoms with Crippen LogP contribution in [0.3, 0.4) is 0 Å². The normalized spacial score (nSPS) is 11.4. The molecule has 1 aromatic heterocycles. The number of alkyl halides is 1. The number of halogens is 1. The Labute approximate surface area is 106 Å². The summed E-state index contributed by atoms with van der Waals surface area (Å²) in [6, 6.07) is 8.92. The number of hydrogen-bond donors (Lipinski definition) is 1. The van der Waals surface area contributed by atoms with Crippen LogP contribution in [0.5, 0.6) is 0 Å². The lowest BCUT2D eigenvalue weighted by Crippen LogP contribution is -2.13. The van der Waals surface area contributed by atoms with Crippen LogP contribution in [0.2, 0.25) is 0 Å². The predicted molar refractivity (Wildman–Crippen MR) is 66.1 cm³/mol. The fourth-order valence-electron chi connectivity index (χ4n) is 1.12. The van der Waals surface area contributed by atoms with Crippen LogP contribution < -0.4 is 4.72 Å². The van der Waals surface area contributed by atoms with E-state index < -0.39 is 10.0 Å². The second-order valence-corrected chi connectivity index (χ2v) is 6.13. The molecule has 0 aliphatic carbocycles. The van der Waals surface area contributed by atoms with Crippen molar-refractivity contribution < 1.29 is 12.8 Å². The Kier molecular flexibility index (Phi) is 3.43. The van der Waals surface area contributed by atoms with Gasteiger partial charge in [-0.05, 0) is 12.1 Å². The molecule has 0 aliphatic rings. The Morgan fingerprint density at radius 1 is 1.24 bits per heavy atom. The summed E-state index contributed by atoms with van der Waals surface area (Å²) in [7, 11) is -3.47. The topological polar surface area (TPSA) is 85.1 Å². The van der Waals surface area contributed by atoms with Crippen molar-refractivity contribution in [2.75, 3.05) is 9.38 Å². The SMILES string of the molecule is O=S(=O)(CBr)Nc1nnc(-c2ccccc2)o1. The maximum absolute atomic E-state index is 11.2. The molecule has 0 radical (unpaired) electrons. The van der Waals surface area contributed by atoms with Crippen LogP contribution >= 0.6 is 15.9 Å². The zero-order chi connectivity index (χ0) is 12.3. The van der Waals surface area contributed by atoms with Crippen LogP contribution in [-0.2, 0) is 10.0 Å². The van der Waals surface area contributed by atoms with Gasteiger partial charge in [0.1, 0.15) is 4.66 Å². The van der Waals surface area contributed by atoms with Gasteiger partial charge in [0.2, 0.25) is 15.9 Å². The van der Waals surface area contributed by atoms with Gasteiger partial charge in [-0.25, -0.2) is 13.1 Å². The highest BCUT2D eigenvalue weighted by Gasteiger charge is 2.14. The standard InChI is InChI=1S/C9H8BrN3O3S/c10-6-17(14,15)13-9-12-11-8(16-9)7-4-2-1-3-5-7/h1-5H,6H2,(H,12,13). The number of sulfonamides is 1. The average Bonchev–Trinajstić information content (AvgIpc) is 2.78. The van der Waals surface area contributed by atoms with E-state index in [1.165, 1.54) is 0 Å². The highest BCUT2D eigenvalue weighted by molar-refractivity contribution is 9.10. The van der Waals surface area contributed by atoms with E-state index >= 15 is 0 Å². The molecule has 2 aromatic rings. The molecule has 0 saturated heterocycles. The average molecular weight is 318 g/mol. The maximum atomic E-state index is 11.2. The largest absolute Gasteiger partial charge is 0.403 e. The Morgan fingerprint density at radius 2 is 1.94 bits per heavy atom. The van der Waals surface area contributed by atoms with Gasteiger partial charge in [0.15, 0.2) is 0 Å². The van der Waals surface area contributed by atoms with Gasteiger partial charge in [0.25, 0.3) is 0 Å². The first-order chi connectivity index (χ1) is 8.11. The van der Waals surface area contributed by atoms with Gasteiger partial charge in [0, 0.05) is 5.56 Å². The summed E-state index contributed by atoms with van der Waals surface area (Å²) >= 11 is 2.84. The molecule has 6 nitrogen and oxygen atoms in total. The molecular weight excluding hydrogens is 310 g/mol. The minimum atomic E-state index is -3.47. The van der Waals surface area contributed by atoms with Crippen LogP contribution in [0.15, 0.2) is 34.7 Å². The van der Waals surface area contributed by atoms with E-state index in [1.54, 1.807) is 12.1 Å². The zero-order valence-electron chi connectivity index (χ0n) is 8.50. The molecule has 2 rings (SSSR count). The molecule has 17 heavy (non-hydrogen) atoms. The number of rotatable bonds is 4. The summed E-state index contributed by atoms with van der Waals surface area (Å²) in [6.45, 7) is 0. The number of benzene rings is 1. The summed E-state index contributed by atoms with van der Waals surface area (Å²) in [6.07, 6.45) is 0. The zero-order valence-corrected chi connectivity index (χ0v) is 10.9. The molecule has 90 valence electrons. The van der Waals surface area contributed by atoms with E-state index in [0.29, 0.717) is 0 Å². The van der Waals surface area contributed by atoms with Crippen molar-refractivity contribution in [2.24, 2.45) is 0 Å². The van der Waals surface area contributed by atoms with Crippen molar-refractivity contribution in [1.29, 1.82) is 0 Å². The van der Waals surface area contributed by atoms with E-state index in [1.807, 2.05) is 18.2 Å². The predicted octanol–water partition coefficient (Wildman–Crippen LogP) is 1.83. The van der Waals surface area contributed by atoms with Crippen molar-refractivity contribution in [1.82, 2.24) is 10.2 Å². The van der Waals surface area contributed by atoms with Crippen LogP contribution in [0.25, 0.3) is 11.5 Å². The van der Waals surface area contributed by atoms with Gasteiger partial charge in [-0.15, -0.1) is 5.10 Å². The van der Waals surface area contributed by atoms with Gasteiger partial charge < -0.3 is 4.42 Å². The lowest BCUT2D eigenvalue weighted by Gasteiger charge is -1.97. The molecule has 1 N–H and O–H groups in total. The summed E-state index contributed by atoms with van der Waals surface area (Å²) in [5.41, 5.74) is 0.726. The first kappa shape index (κ1) is 12.1. The first-order valence-corrected chi connectivity index (χ1v) is 7.33. The first-order valence-electron chi connectivity index (χ1n) is 4.56. The molecule has 0 aliphatic heterocycles. The van der Waals surface area contributed by atoms with Crippen LogP contribution in [0, 0.1) is 0 Å². The second-order valence-electron chi connectivity index (χ2n) is 3.10. The van der Waals surface area contributed by atoms with Crippen molar-refractivity contribution >= 4 is 32.0 Å². The van der Waals surface area contributed by atoms with Crippen LogP contribution in [0.4, 0.5) is 6.01 Å². The van der Waals surface area contributed by atoms with Crippen LogP contribution in [-0.4, -0.2) is 23.3 Å². The number of aromatic nitrogens is 2. The van der Waals surface area contributed by atoms with Crippen molar-refractivity contribution in [3.05, 3.63) is 30.3 Å². The fourth-order valence-corrected chi connectivity index (χ4v) is 1.87. The molecule has 0 bridgehead atoms. The molecule has 0 saturated carbocycles. The van der Waals surface area contributed by atoms with Crippen LogP contribution in [0.1, 0.15) is 0 Å². The van der Waals surface area contributed by atoms with E-state index in [4.69, 9.17) is 4.42 Å². The minimum absolute atomic E-state index is 0.150. The summed E-state index contributed by atoms with van der Waals surface area (Å²) in [5, 5.41) is 7.34. The van der Waals surface area contributed by atoms with Gasteiger partial charge in [-0.1, -0.05) is 39.2 Å². The van der Waals surface area contributed by atoms with E-state index in [2.05, 4.69) is 30.8 Å². The van der Waals surface area contributed by atoms with Gasteiger partial charge in [-0.3, -0.25) is 0 Å². The fraction of sp³-hybridized carbons (Fsp3) is 0.111. The Balaban J connectivity index is 2.23. The molecular formula is C9H8BrN3O3S. The minimum Gasteiger partial charge on any atom is -0.403 e. The van der Waals surface area contributed by atoms with Crippen molar-refractivity contribution in [2.45, 2.75) is 0 Å². The highest BCUT2D eigenvalue weighted by Crippen LogP contribution is 2.19. The molecule has 0 fully saturated rings. The van der Waals surface area contributed by atoms with E-state index in [-0.39, 0.29) is 16.6 Å². The number of nitrogens with one attached hydrogen (secondary N) is 1. The molecule has 1 aromatic carbocycles. The third-order valence-electron chi connectivity index (χ3n) is 1.83. The summed E-state index contributed by atoms with van der Waals surface area (Å²) in [5.74, 6) is 0.262. The van der Waals surface area contributed by atoms with Gasteiger partial charge in [0.05, 0.1) is 0 Å². The summed E-state index contributed by atoms with van der Waals surface area (Å²) < 4.78 is 29.5. The lowest BCUT2D eigenvalue weighted by atomic mass is 10.2. The Hall–Kier alpha value is -1.41. The third-order valence-corrected chi connectivity index (χ3v) is 4.41. The third kappa shape index (κ3) is 3.04. The van der Waals surface area contributed by atoms with Gasteiger partial charge >= 0.3 is 6.01 Å². The monoisotopic (exact) mass is 317 g/mol. The number of anilines is 1. The Morgan fingerprint density at radius 3 is 2.59 bits per heavy atom. The summed E-state index contributed by atoms with van der Waals surface area (Å²) in [4.78, 5) is 0. The number of nitrogens with zero attached hydrogens (tertiary/aromatic N) is 2. The number of hydrogen-bond acceptors (Lipinski definition) is 5. The van der Waals surface area contributed by atoms with Crippen molar-refractivity contribution in [3.63, 3.8) is 0 Å². The van der Waals surface area contributed by atoms with Gasteiger partial charge in [-0.2, -0.15) is 0 Å². The van der Waals surface area contributed by atoms with E-state index in [0.717, 1.165) is 5.56 Å². The molecule has 0 spiro atoms. The molecule has 0 unspecified atom stereocenters. The Bertz CT molecular complexity index is 597. The molecule has 1 heterocycles. The van der Waals surface area contributed by atoms with Crippen molar-refractivity contribution in [3.8, 4) is 11.5 Å². The maximum Gasteiger partial charge on any atom is 0.329 e. The smallest absolute Gasteiger partial charge is 0.329 e. The second kappa shape index (κ2) is 4.84. The lowest BCUT2D eigenvalue weighted by molar-refractivity contribution is 0.579. The highest BCUT2D eigenvalue weighted by atomic mass is 79.9. The molecule has 0 amide bonds. The quantitative estimate of drug-likeness (QED) is 0.869. The van der Waals surface area contributed by atoms with E-state index in [9.17, 15) is 8.42 Å². The molecule has 0 atom stereocenters. The molecule has 8 heteroatoms.